The van der Waals surface area contributed by atoms with Crippen LogP contribution in [0.1, 0.15) is 47.5 Å². The smallest absolute Gasteiger partial charge is 0.144 e. The van der Waals surface area contributed by atoms with Gasteiger partial charge >= 0.3 is 0 Å². The van der Waals surface area contributed by atoms with E-state index in [4.69, 9.17) is 4.74 Å². The number of Topliss-reactive ketones (excluding diaryl/α,β-unsaturated/α-hetero) is 1. The highest BCUT2D eigenvalue weighted by Crippen LogP contribution is 2.51. The second-order valence-electron chi connectivity index (χ2n) is 6.07. The van der Waals surface area contributed by atoms with Crippen LogP contribution >= 0.6 is 0 Å². The van der Waals surface area contributed by atoms with E-state index in [0.717, 1.165) is 6.42 Å². The Balaban J connectivity index is 2.85. The van der Waals surface area contributed by atoms with Gasteiger partial charge in [0.15, 0.2) is 0 Å². The third kappa shape index (κ3) is 2.31. The summed E-state index contributed by atoms with van der Waals surface area (Å²) in [6.07, 6.45) is 1.47. The van der Waals surface area contributed by atoms with Gasteiger partial charge in [0.05, 0.1) is 18.3 Å². The zero-order valence-electron chi connectivity index (χ0n) is 11.2. The minimum Gasteiger partial charge on any atom is -0.498 e. The number of hydrogen-bond acceptors (Lipinski definition) is 2. The van der Waals surface area contributed by atoms with Crippen molar-refractivity contribution in [3.05, 3.63) is 12.3 Å². The van der Waals surface area contributed by atoms with E-state index in [1.165, 1.54) is 0 Å². The van der Waals surface area contributed by atoms with Gasteiger partial charge in [-0.05, 0) is 24.2 Å². The Morgan fingerprint density at radius 2 is 1.94 bits per heavy atom. The van der Waals surface area contributed by atoms with Gasteiger partial charge in [0, 0.05) is 6.42 Å². The van der Waals surface area contributed by atoms with E-state index in [1.807, 2.05) is 6.92 Å². The lowest BCUT2D eigenvalue weighted by Gasteiger charge is -2.48. The van der Waals surface area contributed by atoms with E-state index in [1.54, 1.807) is 0 Å². The highest BCUT2D eigenvalue weighted by atomic mass is 16.5. The van der Waals surface area contributed by atoms with Crippen LogP contribution in [0.15, 0.2) is 12.3 Å². The molecular weight excluding hydrogens is 200 g/mol. The molecule has 0 aromatic rings. The molecule has 0 bridgehead atoms. The molecule has 2 nitrogen and oxygen atoms in total. The number of rotatable bonds is 3. The Morgan fingerprint density at radius 1 is 1.38 bits per heavy atom. The summed E-state index contributed by atoms with van der Waals surface area (Å²) in [4.78, 5) is 12.1. The molecule has 1 aliphatic rings. The second kappa shape index (κ2) is 4.23. The SMILES string of the molecule is C=C(OCC)C1CC(C)(C)C(C)(C)CC1=O. The third-order valence-corrected chi connectivity index (χ3v) is 4.27. The Kier molecular flexibility index (Phi) is 3.51. The fourth-order valence-corrected chi connectivity index (χ4v) is 2.28. The minimum atomic E-state index is -0.108. The number of ether oxygens (including phenoxy) is 1. The van der Waals surface area contributed by atoms with Crippen molar-refractivity contribution >= 4 is 5.78 Å². The van der Waals surface area contributed by atoms with Crippen LogP contribution in [-0.4, -0.2) is 12.4 Å². The van der Waals surface area contributed by atoms with Gasteiger partial charge in [-0.25, -0.2) is 0 Å². The van der Waals surface area contributed by atoms with Gasteiger partial charge < -0.3 is 4.74 Å². The number of hydrogen-bond donors (Lipinski definition) is 0. The van der Waals surface area contributed by atoms with Gasteiger partial charge in [0.1, 0.15) is 5.78 Å². The molecule has 1 saturated carbocycles. The summed E-state index contributed by atoms with van der Waals surface area (Å²) in [5.74, 6) is 0.821. The van der Waals surface area contributed by atoms with E-state index in [0.29, 0.717) is 18.8 Å². The monoisotopic (exact) mass is 224 g/mol. The lowest BCUT2D eigenvalue weighted by atomic mass is 9.56. The lowest BCUT2D eigenvalue weighted by Crippen LogP contribution is -2.44. The first-order valence-electron chi connectivity index (χ1n) is 6.05. The van der Waals surface area contributed by atoms with Gasteiger partial charge in [0.25, 0.3) is 0 Å². The summed E-state index contributed by atoms with van der Waals surface area (Å²) >= 11 is 0. The molecule has 0 aromatic heterocycles. The second-order valence-corrected chi connectivity index (χ2v) is 6.07. The van der Waals surface area contributed by atoms with Crippen LogP contribution in [0.4, 0.5) is 0 Å². The largest absolute Gasteiger partial charge is 0.498 e. The van der Waals surface area contributed by atoms with Crippen LogP contribution in [0, 0.1) is 16.7 Å². The molecule has 1 atom stereocenters. The molecule has 0 heterocycles. The highest BCUT2D eigenvalue weighted by molar-refractivity contribution is 5.85. The maximum atomic E-state index is 12.1. The average molecular weight is 224 g/mol. The van der Waals surface area contributed by atoms with E-state index in [9.17, 15) is 4.79 Å². The maximum absolute atomic E-state index is 12.1. The van der Waals surface area contributed by atoms with Crippen molar-refractivity contribution in [2.75, 3.05) is 6.61 Å². The molecule has 0 amide bonds. The normalized spacial score (nSPS) is 27.6. The average Bonchev–Trinajstić information content (AvgIpc) is 2.11. The number of ketones is 1. The molecule has 1 unspecified atom stereocenters. The van der Waals surface area contributed by atoms with Crippen molar-refractivity contribution < 1.29 is 9.53 Å². The summed E-state index contributed by atoms with van der Waals surface area (Å²) in [5.41, 5.74) is 0.207. The molecule has 1 rings (SSSR count). The van der Waals surface area contributed by atoms with Crippen molar-refractivity contribution in [2.24, 2.45) is 16.7 Å². The first-order valence-corrected chi connectivity index (χ1v) is 6.05. The molecule has 0 saturated heterocycles. The Labute approximate surface area is 99.1 Å². The molecular formula is C14H24O2. The van der Waals surface area contributed by atoms with Crippen LogP contribution < -0.4 is 0 Å². The standard InChI is InChI=1S/C14H24O2/c1-7-16-10(2)11-8-13(3,4)14(5,6)9-12(11)15/h11H,2,7-9H2,1,3-6H3. The highest BCUT2D eigenvalue weighted by Gasteiger charge is 2.47. The number of carbonyl (C=O) groups excluding carboxylic acids is 1. The first kappa shape index (κ1) is 13.3. The van der Waals surface area contributed by atoms with Gasteiger partial charge in [-0.15, -0.1) is 0 Å². The summed E-state index contributed by atoms with van der Waals surface area (Å²) in [6, 6.07) is 0. The molecule has 0 aromatic carbocycles. The zero-order valence-corrected chi connectivity index (χ0v) is 11.2. The summed E-state index contributed by atoms with van der Waals surface area (Å²) in [6.45, 7) is 15.2. The molecule has 0 spiro atoms. The molecule has 0 N–H and O–H groups in total. The van der Waals surface area contributed by atoms with Crippen molar-refractivity contribution in [1.29, 1.82) is 0 Å². The third-order valence-electron chi connectivity index (χ3n) is 4.27. The minimum absolute atomic E-state index is 0.0626. The molecule has 1 aliphatic carbocycles. The first-order chi connectivity index (χ1) is 7.21. The van der Waals surface area contributed by atoms with Crippen LogP contribution in [0.5, 0.6) is 0 Å². The van der Waals surface area contributed by atoms with Crippen molar-refractivity contribution in [3.63, 3.8) is 0 Å². The Bertz CT molecular complexity index is 300. The van der Waals surface area contributed by atoms with Crippen LogP contribution in [0.25, 0.3) is 0 Å². The lowest BCUT2D eigenvalue weighted by molar-refractivity contribution is -0.134. The van der Waals surface area contributed by atoms with E-state index >= 15 is 0 Å². The molecule has 0 aliphatic heterocycles. The molecule has 0 radical (unpaired) electrons. The van der Waals surface area contributed by atoms with Crippen LogP contribution in [0.3, 0.4) is 0 Å². The fraction of sp³-hybridized carbons (Fsp3) is 0.786. The Hall–Kier alpha value is -0.790. The topological polar surface area (TPSA) is 26.3 Å². The Morgan fingerprint density at radius 3 is 2.44 bits per heavy atom. The van der Waals surface area contributed by atoms with E-state index in [2.05, 4.69) is 34.3 Å². The van der Waals surface area contributed by atoms with Crippen LogP contribution in [-0.2, 0) is 9.53 Å². The van der Waals surface area contributed by atoms with Crippen LogP contribution in [0.2, 0.25) is 0 Å². The maximum Gasteiger partial charge on any atom is 0.144 e. The van der Waals surface area contributed by atoms with Crippen molar-refractivity contribution in [1.82, 2.24) is 0 Å². The fourth-order valence-electron chi connectivity index (χ4n) is 2.28. The molecule has 2 heteroatoms. The van der Waals surface area contributed by atoms with E-state index in [-0.39, 0.29) is 22.5 Å². The van der Waals surface area contributed by atoms with Crippen molar-refractivity contribution in [2.45, 2.75) is 47.5 Å². The summed E-state index contributed by atoms with van der Waals surface area (Å²) in [7, 11) is 0. The predicted molar refractivity (Wildman–Crippen MR) is 66.1 cm³/mol. The molecule has 1 fully saturated rings. The number of allylic oxidation sites excluding steroid dienone is 1. The van der Waals surface area contributed by atoms with E-state index < -0.39 is 0 Å². The van der Waals surface area contributed by atoms with Gasteiger partial charge in [-0.1, -0.05) is 34.3 Å². The predicted octanol–water partition coefficient (Wildman–Crippen LogP) is 3.57. The zero-order chi connectivity index (χ0) is 12.6. The quantitative estimate of drug-likeness (QED) is 0.685. The molecule has 92 valence electrons. The number of carbonyl (C=O) groups is 1. The summed E-state index contributed by atoms with van der Waals surface area (Å²) in [5, 5.41) is 0. The summed E-state index contributed by atoms with van der Waals surface area (Å²) < 4.78 is 5.40. The molecule has 16 heavy (non-hydrogen) atoms. The van der Waals surface area contributed by atoms with Gasteiger partial charge in [-0.2, -0.15) is 0 Å². The van der Waals surface area contributed by atoms with Crippen molar-refractivity contribution in [3.8, 4) is 0 Å². The van der Waals surface area contributed by atoms with Gasteiger partial charge in [-0.3, -0.25) is 4.79 Å². The van der Waals surface area contributed by atoms with Gasteiger partial charge in [0.2, 0.25) is 0 Å².